The van der Waals surface area contributed by atoms with Crippen LogP contribution in [0.4, 0.5) is 0 Å². The van der Waals surface area contributed by atoms with Crippen molar-refractivity contribution in [1.29, 1.82) is 0 Å². The minimum Gasteiger partial charge on any atom is -0.497 e. The fourth-order valence-electron chi connectivity index (χ4n) is 3.13. The van der Waals surface area contributed by atoms with Crippen LogP contribution in [0.3, 0.4) is 0 Å². The van der Waals surface area contributed by atoms with E-state index in [9.17, 15) is 4.79 Å². The van der Waals surface area contributed by atoms with Crippen molar-refractivity contribution in [3.63, 3.8) is 0 Å². The molecule has 0 atom stereocenters. The number of benzene rings is 2. The fraction of sp³-hybridized carbons (Fsp3) is 0.375. The van der Waals surface area contributed by atoms with E-state index in [1.54, 1.807) is 7.11 Å². The van der Waals surface area contributed by atoms with Gasteiger partial charge >= 0.3 is 0 Å². The molecule has 3 aromatic rings. The van der Waals surface area contributed by atoms with Gasteiger partial charge in [0.2, 0.25) is 5.91 Å². The number of aromatic nitrogens is 3. The van der Waals surface area contributed by atoms with Gasteiger partial charge in [-0.05, 0) is 49.1 Å². The molecule has 0 radical (unpaired) electrons. The van der Waals surface area contributed by atoms with E-state index in [1.807, 2.05) is 42.7 Å². The van der Waals surface area contributed by atoms with Gasteiger partial charge in [0.1, 0.15) is 5.75 Å². The number of ether oxygens (including phenoxy) is 1. The first-order valence-electron chi connectivity index (χ1n) is 10.3. The third kappa shape index (κ3) is 5.67. The van der Waals surface area contributed by atoms with E-state index in [0.717, 1.165) is 22.8 Å². The monoisotopic (exact) mass is 438 g/mol. The smallest absolute Gasteiger partial charge is 0.230 e. The van der Waals surface area contributed by atoms with Crippen LogP contribution >= 0.6 is 11.8 Å². The van der Waals surface area contributed by atoms with Crippen molar-refractivity contribution < 1.29 is 9.53 Å². The summed E-state index contributed by atoms with van der Waals surface area (Å²) in [6, 6.07) is 16.3. The Morgan fingerprint density at radius 3 is 2.26 bits per heavy atom. The number of methoxy groups -OCH3 is 1. The maximum atomic E-state index is 12.2. The lowest BCUT2D eigenvalue weighted by molar-refractivity contribution is -0.119. The van der Waals surface area contributed by atoms with E-state index in [4.69, 9.17) is 4.74 Å². The highest BCUT2D eigenvalue weighted by Gasteiger charge is 2.19. The predicted octanol–water partition coefficient (Wildman–Crippen LogP) is 4.86. The number of nitrogens with zero attached hydrogens (tertiary/aromatic N) is 3. The zero-order valence-corrected chi connectivity index (χ0v) is 19.8. The minimum absolute atomic E-state index is 0.0274. The molecule has 0 spiro atoms. The van der Waals surface area contributed by atoms with Gasteiger partial charge in [0.05, 0.1) is 12.9 Å². The molecule has 164 valence electrons. The molecule has 1 amide bonds. The van der Waals surface area contributed by atoms with Crippen LogP contribution in [0.2, 0.25) is 0 Å². The lowest BCUT2D eigenvalue weighted by atomic mass is 9.87. The van der Waals surface area contributed by atoms with Crippen molar-refractivity contribution in [3.8, 4) is 22.8 Å². The Kier molecular flexibility index (Phi) is 7.05. The van der Waals surface area contributed by atoms with E-state index in [-0.39, 0.29) is 23.1 Å². The second-order valence-corrected chi connectivity index (χ2v) is 9.62. The molecule has 7 heteroatoms. The van der Waals surface area contributed by atoms with Crippen molar-refractivity contribution in [2.75, 3.05) is 12.9 Å². The van der Waals surface area contributed by atoms with Crippen LogP contribution in [0, 0.1) is 0 Å². The van der Waals surface area contributed by atoms with Gasteiger partial charge in [-0.3, -0.25) is 9.36 Å². The van der Waals surface area contributed by atoms with Gasteiger partial charge in [-0.15, -0.1) is 10.2 Å². The average molecular weight is 439 g/mol. The van der Waals surface area contributed by atoms with E-state index >= 15 is 0 Å². The SMILES string of the molecule is COc1ccc(-n2c(SCC(=O)NC(C)C)nnc2-c2ccc(C(C)(C)C)cc2)cc1. The Hall–Kier alpha value is -2.80. The van der Waals surface area contributed by atoms with Crippen LogP contribution in [-0.2, 0) is 10.2 Å². The van der Waals surface area contributed by atoms with Gasteiger partial charge in [0.25, 0.3) is 0 Å². The molecule has 1 N–H and O–H groups in total. The second-order valence-electron chi connectivity index (χ2n) is 8.68. The number of rotatable bonds is 7. The molecule has 0 aliphatic carbocycles. The molecule has 0 unspecified atom stereocenters. The molecule has 0 aliphatic rings. The summed E-state index contributed by atoms with van der Waals surface area (Å²) in [5.41, 5.74) is 3.21. The van der Waals surface area contributed by atoms with Gasteiger partial charge in [0, 0.05) is 17.3 Å². The van der Waals surface area contributed by atoms with Crippen molar-refractivity contribution in [2.24, 2.45) is 0 Å². The zero-order chi connectivity index (χ0) is 22.6. The number of hydrogen-bond acceptors (Lipinski definition) is 5. The summed E-state index contributed by atoms with van der Waals surface area (Å²) >= 11 is 1.37. The largest absolute Gasteiger partial charge is 0.497 e. The number of amides is 1. The number of carbonyl (C=O) groups is 1. The minimum atomic E-state index is -0.0274. The zero-order valence-electron chi connectivity index (χ0n) is 19.0. The molecule has 6 nitrogen and oxygen atoms in total. The fourth-order valence-corrected chi connectivity index (χ4v) is 3.89. The third-order valence-electron chi connectivity index (χ3n) is 4.76. The average Bonchev–Trinajstić information content (AvgIpc) is 3.15. The number of thioether (sulfide) groups is 1. The summed E-state index contributed by atoms with van der Waals surface area (Å²) in [5.74, 6) is 1.76. The molecule has 0 bridgehead atoms. The van der Waals surface area contributed by atoms with Crippen LogP contribution in [0.5, 0.6) is 5.75 Å². The number of carbonyl (C=O) groups excluding carboxylic acids is 1. The molecule has 0 aliphatic heterocycles. The Morgan fingerprint density at radius 1 is 1.06 bits per heavy atom. The Bertz CT molecular complexity index is 1020. The standard InChI is InChI=1S/C24H30N4O2S/c1-16(2)25-21(29)15-31-23-27-26-22(17-7-9-18(10-8-17)24(3,4)5)28(23)19-11-13-20(30-6)14-12-19/h7-14,16H,15H2,1-6H3,(H,25,29). The van der Waals surface area contributed by atoms with E-state index < -0.39 is 0 Å². The summed E-state index contributed by atoms with van der Waals surface area (Å²) in [4.78, 5) is 12.2. The highest BCUT2D eigenvalue weighted by atomic mass is 32.2. The van der Waals surface area contributed by atoms with Crippen LogP contribution in [0.15, 0.2) is 53.7 Å². The Balaban J connectivity index is 1.98. The topological polar surface area (TPSA) is 69.0 Å². The number of nitrogens with one attached hydrogen (secondary N) is 1. The highest BCUT2D eigenvalue weighted by Crippen LogP contribution is 2.30. The van der Waals surface area contributed by atoms with Crippen molar-refractivity contribution in [1.82, 2.24) is 20.1 Å². The van der Waals surface area contributed by atoms with E-state index in [0.29, 0.717) is 5.16 Å². The first-order valence-corrected chi connectivity index (χ1v) is 11.3. The Labute approximate surface area is 188 Å². The van der Waals surface area contributed by atoms with Gasteiger partial charge in [-0.2, -0.15) is 0 Å². The van der Waals surface area contributed by atoms with Crippen molar-refractivity contribution in [3.05, 3.63) is 54.1 Å². The summed E-state index contributed by atoms with van der Waals surface area (Å²) in [5, 5.41) is 12.4. The quantitative estimate of drug-likeness (QED) is 0.534. The molecule has 2 aromatic carbocycles. The summed E-state index contributed by atoms with van der Waals surface area (Å²) in [7, 11) is 1.64. The van der Waals surface area contributed by atoms with Gasteiger partial charge in [0.15, 0.2) is 11.0 Å². The summed E-state index contributed by atoms with van der Waals surface area (Å²) < 4.78 is 7.28. The van der Waals surface area contributed by atoms with Crippen LogP contribution < -0.4 is 10.1 Å². The first kappa shape index (κ1) is 22.9. The predicted molar refractivity (Wildman–Crippen MR) is 126 cm³/mol. The highest BCUT2D eigenvalue weighted by molar-refractivity contribution is 7.99. The Morgan fingerprint density at radius 2 is 1.71 bits per heavy atom. The van der Waals surface area contributed by atoms with E-state index in [2.05, 4.69) is 60.6 Å². The first-order chi connectivity index (χ1) is 14.7. The van der Waals surface area contributed by atoms with Gasteiger partial charge in [-0.1, -0.05) is 56.8 Å². The van der Waals surface area contributed by atoms with Gasteiger partial charge < -0.3 is 10.1 Å². The number of hydrogen-bond donors (Lipinski definition) is 1. The molecule has 31 heavy (non-hydrogen) atoms. The lowest BCUT2D eigenvalue weighted by Crippen LogP contribution is -2.31. The maximum absolute atomic E-state index is 12.2. The summed E-state index contributed by atoms with van der Waals surface area (Å²) in [6.07, 6.45) is 0. The molecule has 3 rings (SSSR count). The molecule has 0 fully saturated rings. The van der Waals surface area contributed by atoms with Crippen molar-refractivity contribution in [2.45, 2.75) is 51.2 Å². The normalized spacial score (nSPS) is 11.6. The summed E-state index contributed by atoms with van der Waals surface area (Å²) in [6.45, 7) is 10.5. The molecule has 1 heterocycles. The van der Waals surface area contributed by atoms with Crippen LogP contribution in [-0.4, -0.2) is 39.6 Å². The molecular formula is C24H30N4O2S. The second kappa shape index (κ2) is 9.56. The third-order valence-corrected chi connectivity index (χ3v) is 5.68. The maximum Gasteiger partial charge on any atom is 0.230 e. The van der Waals surface area contributed by atoms with Crippen LogP contribution in [0.25, 0.3) is 17.1 Å². The van der Waals surface area contributed by atoms with Crippen molar-refractivity contribution >= 4 is 17.7 Å². The molecule has 0 saturated carbocycles. The lowest BCUT2D eigenvalue weighted by Gasteiger charge is -2.19. The molecular weight excluding hydrogens is 408 g/mol. The molecule has 1 aromatic heterocycles. The van der Waals surface area contributed by atoms with Gasteiger partial charge in [-0.25, -0.2) is 0 Å². The van der Waals surface area contributed by atoms with E-state index in [1.165, 1.54) is 17.3 Å². The van der Waals surface area contributed by atoms with Crippen LogP contribution in [0.1, 0.15) is 40.2 Å². The molecule has 0 saturated heterocycles.